The first-order valence-corrected chi connectivity index (χ1v) is 15.2. The van der Waals surface area contributed by atoms with Crippen molar-refractivity contribution in [3.8, 4) is 28.7 Å². The average Bonchev–Trinajstić information content (AvgIpc) is 3.50. The van der Waals surface area contributed by atoms with E-state index in [9.17, 15) is 14.4 Å². The molecule has 1 fully saturated rings. The fraction of sp³-hybridized carbons (Fsp3) is 0.250. The highest BCUT2D eigenvalue weighted by Crippen LogP contribution is 2.33. The predicted molar refractivity (Wildman–Crippen MR) is 172 cm³/mol. The summed E-state index contributed by atoms with van der Waals surface area (Å²) < 4.78 is 29.3. The summed E-state index contributed by atoms with van der Waals surface area (Å²) in [5.41, 5.74) is 2.46. The van der Waals surface area contributed by atoms with E-state index in [1.165, 1.54) is 20.3 Å². The number of amides is 3. The zero-order chi connectivity index (χ0) is 32.8. The molecule has 0 aliphatic carbocycles. The maximum absolute atomic E-state index is 14.0. The first-order chi connectivity index (χ1) is 22.9. The van der Waals surface area contributed by atoms with Gasteiger partial charge in [0.1, 0.15) is 18.5 Å². The summed E-state index contributed by atoms with van der Waals surface area (Å²) in [6, 6.07) is 26.3. The van der Waals surface area contributed by atoms with Crippen LogP contribution in [0.3, 0.4) is 0 Å². The van der Waals surface area contributed by atoms with Crippen LogP contribution in [0.1, 0.15) is 31.8 Å². The van der Waals surface area contributed by atoms with Crippen molar-refractivity contribution in [2.45, 2.75) is 25.3 Å². The third kappa shape index (κ3) is 7.25. The van der Waals surface area contributed by atoms with Crippen LogP contribution in [0.4, 0.5) is 0 Å². The Morgan fingerprint density at radius 3 is 2.45 bits per heavy atom. The average molecular weight is 638 g/mol. The normalized spacial score (nSPS) is 17.7. The number of likely N-dealkylation sites (tertiary alicyclic amines) is 1. The molecule has 0 spiro atoms. The summed E-state index contributed by atoms with van der Waals surface area (Å²) in [6.45, 7) is 0.631. The first kappa shape index (κ1) is 31.3. The standard InChI is InChI=1S/C36H35N3O8/c1-43-29-15-13-25-17-32(29)46-22-34(40)37-18-24-12-14-30(31(16-24)44-2)47-33-20-39(19-27(33)38-35(25)41)36(42)26-10-6-7-11-28(26)45-21-23-8-4-3-5-9-23/h3-17,27,33H,18-22H2,1-2H3,(H,37,40)(H,38,41)/t27-,33-/m0/s1. The molecule has 0 unspecified atom stereocenters. The predicted octanol–water partition coefficient (Wildman–Crippen LogP) is 3.99. The van der Waals surface area contributed by atoms with Crippen molar-refractivity contribution in [1.29, 1.82) is 0 Å². The van der Waals surface area contributed by atoms with E-state index in [0.29, 0.717) is 35.2 Å². The molecule has 47 heavy (non-hydrogen) atoms. The van der Waals surface area contributed by atoms with Crippen LogP contribution in [0.5, 0.6) is 28.7 Å². The van der Waals surface area contributed by atoms with Crippen LogP contribution in [0.25, 0.3) is 0 Å². The van der Waals surface area contributed by atoms with Crippen molar-refractivity contribution in [3.63, 3.8) is 0 Å². The van der Waals surface area contributed by atoms with E-state index in [-0.39, 0.29) is 49.4 Å². The SMILES string of the molecule is COc1ccc2cc1OCC(=O)NCc1ccc(c(OC)c1)O[C@H]1CN(C(=O)c3ccccc3OCc3ccccc3)C[C@@H]1NC2=O. The summed E-state index contributed by atoms with van der Waals surface area (Å²) in [7, 11) is 3.00. The minimum Gasteiger partial charge on any atom is -0.493 e. The van der Waals surface area contributed by atoms with E-state index in [4.69, 9.17) is 23.7 Å². The molecule has 2 atom stereocenters. The van der Waals surface area contributed by atoms with Gasteiger partial charge in [0.05, 0.1) is 32.4 Å². The molecule has 4 aromatic rings. The molecule has 4 aromatic carbocycles. The topological polar surface area (TPSA) is 125 Å². The number of hydrogen-bond acceptors (Lipinski definition) is 8. The highest BCUT2D eigenvalue weighted by atomic mass is 16.5. The van der Waals surface area contributed by atoms with Crippen molar-refractivity contribution < 1.29 is 38.1 Å². The van der Waals surface area contributed by atoms with E-state index in [0.717, 1.165) is 11.1 Å². The lowest BCUT2D eigenvalue weighted by molar-refractivity contribution is -0.123. The molecule has 7 rings (SSSR count). The molecule has 2 N–H and O–H groups in total. The number of carbonyl (C=O) groups is 3. The third-order valence-electron chi connectivity index (χ3n) is 8.01. The molecule has 242 valence electrons. The molecule has 11 nitrogen and oxygen atoms in total. The quantitative estimate of drug-likeness (QED) is 0.325. The number of carbonyl (C=O) groups excluding carboxylic acids is 3. The largest absolute Gasteiger partial charge is 0.493 e. The van der Waals surface area contributed by atoms with Crippen LogP contribution in [0.2, 0.25) is 0 Å². The van der Waals surface area contributed by atoms with Gasteiger partial charge in [-0.05, 0) is 53.6 Å². The van der Waals surface area contributed by atoms with Crippen LogP contribution >= 0.6 is 0 Å². The number of benzene rings is 4. The summed E-state index contributed by atoms with van der Waals surface area (Å²) >= 11 is 0. The number of para-hydroxylation sites is 1. The van der Waals surface area contributed by atoms with E-state index in [1.807, 2.05) is 42.5 Å². The Labute approximate surface area is 272 Å². The number of methoxy groups -OCH3 is 2. The molecular weight excluding hydrogens is 602 g/mol. The number of nitrogens with zero attached hydrogens (tertiary/aromatic N) is 1. The van der Waals surface area contributed by atoms with Gasteiger partial charge in [0.15, 0.2) is 29.6 Å². The van der Waals surface area contributed by atoms with E-state index < -0.39 is 18.1 Å². The van der Waals surface area contributed by atoms with Gasteiger partial charge >= 0.3 is 0 Å². The Morgan fingerprint density at radius 1 is 0.851 bits per heavy atom. The molecular formula is C36H35N3O8. The Balaban J connectivity index is 1.29. The molecule has 0 aromatic heterocycles. The molecule has 11 heteroatoms. The van der Waals surface area contributed by atoms with Crippen molar-refractivity contribution >= 4 is 17.7 Å². The fourth-order valence-corrected chi connectivity index (χ4v) is 5.53. The van der Waals surface area contributed by atoms with Gasteiger partial charge in [0.25, 0.3) is 17.7 Å². The van der Waals surface area contributed by atoms with E-state index in [1.54, 1.807) is 47.4 Å². The number of ether oxygens (including phenoxy) is 5. The maximum atomic E-state index is 14.0. The summed E-state index contributed by atoms with van der Waals surface area (Å²) in [4.78, 5) is 41.8. The lowest BCUT2D eigenvalue weighted by Crippen LogP contribution is -2.45. The molecule has 0 saturated carbocycles. The van der Waals surface area contributed by atoms with E-state index >= 15 is 0 Å². The van der Waals surface area contributed by atoms with Crippen molar-refractivity contribution in [2.75, 3.05) is 33.9 Å². The minimum atomic E-state index is -0.621. The lowest BCUT2D eigenvalue weighted by Gasteiger charge is -2.22. The van der Waals surface area contributed by atoms with Crippen LogP contribution in [0.15, 0.2) is 91.0 Å². The Kier molecular flexibility index (Phi) is 9.42. The highest BCUT2D eigenvalue weighted by Gasteiger charge is 2.39. The van der Waals surface area contributed by atoms with Gasteiger partial charge in [0.2, 0.25) is 0 Å². The Bertz CT molecular complexity index is 1760. The summed E-state index contributed by atoms with van der Waals surface area (Å²) in [5, 5.41) is 5.87. The Hall–Kier alpha value is -5.71. The highest BCUT2D eigenvalue weighted by molar-refractivity contribution is 5.98. The van der Waals surface area contributed by atoms with Crippen LogP contribution < -0.4 is 34.3 Å². The zero-order valence-corrected chi connectivity index (χ0v) is 26.1. The molecule has 3 amide bonds. The van der Waals surface area contributed by atoms with Gasteiger partial charge in [-0.1, -0.05) is 48.5 Å². The molecule has 0 radical (unpaired) electrons. The van der Waals surface area contributed by atoms with Crippen molar-refractivity contribution in [1.82, 2.24) is 15.5 Å². The van der Waals surface area contributed by atoms with Crippen LogP contribution in [-0.2, 0) is 17.9 Å². The van der Waals surface area contributed by atoms with Crippen molar-refractivity contribution in [3.05, 3.63) is 113 Å². The summed E-state index contributed by atoms with van der Waals surface area (Å²) in [5.74, 6) is 0.954. The molecule has 3 heterocycles. The second kappa shape index (κ2) is 14.2. The summed E-state index contributed by atoms with van der Waals surface area (Å²) in [6.07, 6.45) is -0.621. The maximum Gasteiger partial charge on any atom is 0.258 e. The van der Waals surface area contributed by atoms with Gasteiger partial charge in [-0.15, -0.1) is 0 Å². The zero-order valence-electron chi connectivity index (χ0n) is 26.1. The third-order valence-corrected chi connectivity index (χ3v) is 8.01. The fourth-order valence-electron chi connectivity index (χ4n) is 5.53. The second-order valence-corrected chi connectivity index (χ2v) is 11.1. The van der Waals surface area contributed by atoms with Gasteiger partial charge in [0, 0.05) is 18.7 Å². The molecule has 1 saturated heterocycles. The molecule has 4 bridgehead atoms. The number of rotatable bonds is 6. The van der Waals surface area contributed by atoms with Gasteiger partial charge < -0.3 is 39.2 Å². The van der Waals surface area contributed by atoms with E-state index in [2.05, 4.69) is 10.6 Å². The van der Waals surface area contributed by atoms with Crippen LogP contribution in [-0.4, -0.2) is 68.7 Å². The first-order valence-electron chi connectivity index (χ1n) is 15.2. The minimum absolute atomic E-state index is 0.181. The number of nitrogens with one attached hydrogen (secondary N) is 2. The van der Waals surface area contributed by atoms with Gasteiger partial charge in [-0.25, -0.2) is 0 Å². The smallest absolute Gasteiger partial charge is 0.258 e. The number of fused-ring (bicyclic) bond motifs is 7. The Morgan fingerprint density at radius 2 is 1.64 bits per heavy atom. The van der Waals surface area contributed by atoms with Crippen LogP contribution in [0, 0.1) is 0 Å². The molecule has 3 aliphatic rings. The lowest BCUT2D eigenvalue weighted by atomic mass is 10.1. The second-order valence-electron chi connectivity index (χ2n) is 11.1. The number of hydrogen-bond donors (Lipinski definition) is 2. The monoisotopic (exact) mass is 637 g/mol. The van der Waals surface area contributed by atoms with Gasteiger partial charge in [-0.3, -0.25) is 14.4 Å². The van der Waals surface area contributed by atoms with Crippen molar-refractivity contribution in [2.24, 2.45) is 0 Å². The molecule has 3 aliphatic heterocycles. The van der Waals surface area contributed by atoms with Gasteiger partial charge in [-0.2, -0.15) is 0 Å².